The number of halogens is 1. The van der Waals surface area contributed by atoms with E-state index < -0.39 is 0 Å². The number of piperidine rings is 1. The summed E-state index contributed by atoms with van der Waals surface area (Å²) in [5.41, 5.74) is 7.23. The van der Waals surface area contributed by atoms with Crippen LogP contribution >= 0.6 is 0 Å². The molecule has 1 fully saturated rings. The number of hydrogen-bond donors (Lipinski definition) is 2. The second-order valence-electron chi connectivity index (χ2n) is 4.58. The zero-order valence-electron chi connectivity index (χ0n) is 9.87. The van der Waals surface area contributed by atoms with Crippen LogP contribution in [0.4, 0.5) is 4.39 Å². The third-order valence-electron chi connectivity index (χ3n) is 3.40. The Kier molecular flexibility index (Phi) is 3.43. The number of amides is 1. The molecule has 1 aromatic rings. The van der Waals surface area contributed by atoms with Gasteiger partial charge in [-0.1, -0.05) is 6.07 Å². The van der Waals surface area contributed by atoms with Crippen molar-refractivity contribution in [2.24, 2.45) is 11.7 Å². The number of benzene rings is 1. The predicted octanol–water partition coefficient (Wildman–Crippen LogP) is 1.66. The minimum absolute atomic E-state index is 0.156. The van der Waals surface area contributed by atoms with Gasteiger partial charge in [0.15, 0.2) is 0 Å². The molecule has 3 nitrogen and oxygen atoms in total. The smallest absolute Gasteiger partial charge is 0.222 e. The lowest BCUT2D eigenvalue weighted by Gasteiger charge is -2.31. The minimum Gasteiger partial charge on any atom is -0.369 e. The van der Waals surface area contributed by atoms with Gasteiger partial charge < -0.3 is 11.1 Å². The Morgan fingerprint density at radius 2 is 2.29 bits per heavy atom. The van der Waals surface area contributed by atoms with E-state index >= 15 is 0 Å². The Morgan fingerprint density at radius 3 is 3.00 bits per heavy atom. The number of aryl methyl sites for hydroxylation is 1. The van der Waals surface area contributed by atoms with Crippen molar-refractivity contribution in [3.63, 3.8) is 0 Å². The van der Waals surface area contributed by atoms with E-state index in [-0.39, 0.29) is 23.7 Å². The lowest BCUT2D eigenvalue weighted by Crippen LogP contribution is -2.41. The Bertz CT molecular complexity index is 433. The van der Waals surface area contributed by atoms with Gasteiger partial charge >= 0.3 is 0 Å². The molecule has 2 atom stereocenters. The highest BCUT2D eigenvalue weighted by Crippen LogP contribution is 2.31. The normalized spacial score (nSPS) is 24.6. The van der Waals surface area contributed by atoms with Crippen molar-refractivity contribution in [2.45, 2.75) is 25.8 Å². The number of nitrogens with two attached hydrogens (primary N) is 1. The second kappa shape index (κ2) is 4.84. The first kappa shape index (κ1) is 12.0. The maximum absolute atomic E-state index is 13.3. The van der Waals surface area contributed by atoms with E-state index in [9.17, 15) is 9.18 Å². The molecule has 0 saturated carbocycles. The fourth-order valence-electron chi connectivity index (χ4n) is 2.47. The first-order valence-electron chi connectivity index (χ1n) is 5.88. The van der Waals surface area contributed by atoms with Crippen molar-refractivity contribution in [2.75, 3.05) is 6.54 Å². The zero-order valence-corrected chi connectivity index (χ0v) is 9.87. The number of carbonyl (C=O) groups is 1. The molecule has 1 aliphatic rings. The summed E-state index contributed by atoms with van der Waals surface area (Å²) >= 11 is 0. The largest absolute Gasteiger partial charge is 0.369 e. The topological polar surface area (TPSA) is 55.1 Å². The Hall–Kier alpha value is -1.42. The molecule has 17 heavy (non-hydrogen) atoms. The van der Waals surface area contributed by atoms with Gasteiger partial charge in [0, 0.05) is 6.04 Å². The monoisotopic (exact) mass is 236 g/mol. The number of rotatable bonds is 2. The van der Waals surface area contributed by atoms with Crippen molar-refractivity contribution >= 4 is 5.91 Å². The van der Waals surface area contributed by atoms with Crippen molar-refractivity contribution in [3.05, 3.63) is 35.1 Å². The predicted molar refractivity (Wildman–Crippen MR) is 63.8 cm³/mol. The molecule has 1 heterocycles. The van der Waals surface area contributed by atoms with Crippen LogP contribution in [0.2, 0.25) is 0 Å². The molecule has 1 saturated heterocycles. The molecule has 2 rings (SSSR count). The standard InChI is InChI=1S/C13H17FN2O/c1-8-4-5-9(14)7-11(8)12-10(13(15)17)3-2-6-16-12/h4-5,7,10,12,16H,2-3,6H2,1H3,(H2,15,17). The number of carbonyl (C=O) groups excluding carboxylic acids is 1. The average Bonchev–Trinajstić information content (AvgIpc) is 2.32. The van der Waals surface area contributed by atoms with Crippen LogP contribution in [-0.4, -0.2) is 12.5 Å². The van der Waals surface area contributed by atoms with E-state index in [1.54, 1.807) is 6.07 Å². The van der Waals surface area contributed by atoms with Gasteiger partial charge in [0.05, 0.1) is 5.92 Å². The molecule has 0 aromatic heterocycles. The van der Waals surface area contributed by atoms with Crippen molar-refractivity contribution < 1.29 is 9.18 Å². The van der Waals surface area contributed by atoms with E-state index in [1.165, 1.54) is 12.1 Å². The summed E-state index contributed by atoms with van der Waals surface area (Å²) in [5.74, 6) is -0.837. The molecule has 2 unspecified atom stereocenters. The molecule has 0 bridgehead atoms. The van der Waals surface area contributed by atoms with E-state index in [0.29, 0.717) is 0 Å². The fraction of sp³-hybridized carbons (Fsp3) is 0.462. The van der Waals surface area contributed by atoms with Gasteiger partial charge in [-0.15, -0.1) is 0 Å². The summed E-state index contributed by atoms with van der Waals surface area (Å²) < 4.78 is 13.3. The third-order valence-corrected chi connectivity index (χ3v) is 3.40. The molecule has 0 aliphatic carbocycles. The van der Waals surface area contributed by atoms with Gasteiger partial charge in [0.1, 0.15) is 5.82 Å². The molecule has 0 radical (unpaired) electrons. The zero-order chi connectivity index (χ0) is 12.4. The number of nitrogens with one attached hydrogen (secondary N) is 1. The lowest BCUT2D eigenvalue weighted by molar-refractivity contribution is -0.123. The summed E-state index contributed by atoms with van der Waals surface area (Å²) in [7, 11) is 0. The van der Waals surface area contributed by atoms with Crippen LogP contribution in [0.25, 0.3) is 0 Å². The van der Waals surface area contributed by atoms with Crippen molar-refractivity contribution in [3.8, 4) is 0 Å². The highest BCUT2D eigenvalue weighted by atomic mass is 19.1. The van der Waals surface area contributed by atoms with E-state index in [2.05, 4.69) is 5.32 Å². The maximum Gasteiger partial charge on any atom is 0.222 e. The maximum atomic E-state index is 13.3. The Balaban J connectivity index is 2.35. The summed E-state index contributed by atoms with van der Waals surface area (Å²) in [6.07, 6.45) is 1.70. The third kappa shape index (κ3) is 2.47. The van der Waals surface area contributed by atoms with Crippen LogP contribution in [0.1, 0.15) is 30.0 Å². The Morgan fingerprint density at radius 1 is 1.53 bits per heavy atom. The summed E-state index contributed by atoms with van der Waals surface area (Å²) in [5, 5.41) is 3.27. The molecule has 0 spiro atoms. The van der Waals surface area contributed by atoms with Gasteiger partial charge in [-0.05, 0) is 49.6 Å². The quantitative estimate of drug-likeness (QED) is 0.820. The summed E-state index contributed by atoms with van der Waals surface area (Å²) in [4.78, 5) is 11.4. The van der Waals surface area contributed by atoms with Crippen LogP contribution in [0.15, 0.2) is 18.2 Å². The summed E-state index contributed by atoms with van der Waals surface area (Å²) in [6, 6.07) is 4.51. The van der Waals surface area contributed by atoms with Crippen molar-refractivity contribution in [1.82, 2.24) is 5.32 Å². The number of primary amides is 1. The molecule has 3 N–H and O–H groups in total. The van der Waals surface area contributed by atoms with Crippen LogP contribution in [0.3, 0.4) is 0 Å². The van der Waals surface area contributed by atoms with Gasteiger partial charge in [0.25, 0.3) is 0 Å². The highest BCUT2D eigenvalue weighted by molar-refractivity contribution is 5.78. The first-order chi connectivity index (χ1) is 8.09. The molecule has 92 valence electrons. The Labute approximate surface area is 100 Å². The van der Waals surface area contributed by atoms with E-state index in [4.69, 9.17) is 5.73 Å². The molecular formula is C13H17FN2O. The van der Waals surface area contributed by atoms with Crippen LogP contribution in [0, 0.1) is 18.7 Å². The van der Waals surface area contributed by atoms with Gasteiger partial charge in [-0.2, -0.15) is 0 Å². The fourth-order valence-corrected chi connectivity index (χ4v) is 2.47. The molecule has 1 aromatic carbocycles. The van der Waals surface area contributed by atoms with Gasteiger partial charge in [-0.25, -0.2) is 4.39 Å². The van der Waals surface area contributed by atoms with E-state index in [0.717, 1.165) is 30.5 Å². The van der Waals surface area contributed by atoms with Crippen LogP contribution in [0.5, 0.6) is 0 Å². The summed E-state index contributed by atoms with van der Waals surface area (Å²) in [6.45, 7) is 2.76. The molecule has 4 heteroatoms. The molecule has 1 aliphatic heterocycles. The minimum atomic E-state index is -0.314. The number of hydrogen-bond acceptors (Lipinski definition) is 2. The average molecular weight is 236 g/mol. The van der Waals surface area contributed by atoms with E-state index in [1.807, 2.05) is 6.92 Å². The van der Waals surface area contributed by atoms with Crippen molar-refractivity contribution in [1.29, 1.82) is 0 Å². The van der Waals surface area contributed by atoms with Gasteiger partial charge in [0.2, 0.25) is 5.91 Å². The molecular weight excluding hydrogens is 219 g/mol. The lowest BCUT2D eigenvalue weighted by atomic mass is 9.84. The first-order valence-corrected chi connectivity index (χ1v) is 5.88. The highest BCUT2D eigenvalue weighted by Gasteiger charge is 2.31. The van der Waals surface area contributed by atoms with Crippen LogP contribution < -0.4 is 11.1 Å². The van der Waals surface area contributed by atoms with Gasteiger partial charge in [-0.3, -0.25) is 4.79 Å². The second-order valence-corrected chi connectivity index (χ2v) is 4.58. The van der Waals surface area contributed by atoms with Crippen LogP contribution in [-0.2, 0) is 4.79 Å². The molecule has 1 amide bonds. The SMILES string of the molecule is Cc1ccc(F)cc1C1NCCCC1C(N)=O.